The van der Waals surface area contributed by atoms with Gasteiger partial charge in [-0.25, -0.2) is 0 Å². The summed E-state index contributed by atoms with van der Waals surface area (Å²) in [7, 11) is 0. The molecule has 1 aliphatic rings. The maximum absolute atomic E-state index is 12.5. The van der Waals surface area contributed by atoms with Gasteiger partial charge in [0.2, 0.25) is 5.91 Å². The van der Waals surface area contributed by atoms with Gasteiger partial charge in [-0.15, -0.1) is 0 Å². The van der Waals surface area contributed by atoms with Crippen LogP contribution in [0.5, 0.6) is 0 Å². The third-order valence-electron chi connectivity index (χ3n) is 3.76. The summed E-state index contributed by atoms with van der Waals surface area (Å²) >= 11 is 1.97. The zero-order valence-corrected chi connectivity index (χ0v) is 13.1. The Morgan fingerprint density at radius 2 is 2.10 bits per heavy atom. The number of carbonyl (C=O) groups is 1. The molecule has 1 heterocycles. The van der Waals surface area contributed by atoms with E-state index in [4.69, 9.17) is 5.73 Å². The second kappa shape index (κ2) is 7.14. The summed E-state index contributed by atoms with van der Waals surface area (Å²) < 4.78 is 0. The summed E-state index contributed by atoms with van der Waals surface area (Å²) in [6.07, 6.45) is 0.621. The Hall–Kier alpha value is -1.00. The molecule has 0 aromatic heterocycles. The Kier molecular flexibility index (Phi) is 5.49. The molecular formula is C16H24N2OS. The number of hydrogen-bond acceptors (Lipinski definition) is 3. The molecule has 0 radical (unpaired) electrons. The normalized spacial score (nSPS) is 21.0. The minimum absolute atomic E-state index is 0.0970. The molecule has 1 amide bonds. The van der Waals surface area contributed by atoms with Gasteiger partial charge in [0.05, 0.1) is 6.04 Å². The summed E-state index contributed by atoms with van der Waals surface area (Å²) in [5.41, 5.74) is 7.23. The molecular weight excluding hydrogens is 268 g/mol. The van der Waals surface area contributed by atoms with Crippen LogP contribution in [0.2, 0.25) is 0 Å². The van der Waals surface area contributed by atoms with E-state index in [1.165, 1.54) is 0 Å². The van der Waals surface area contributed by atoms with E-state index in [1.54, 1.807) is 0 Å². The lowest BCUT2D eigenvalue weighted by molar-refractivity contribution is -0.132. The third-order valence-corrected chi connectivity index (χ3v) is 5.30. The van der Waals surface area contributed by atoms with Crippen LogP contribution in [0.3, 0.4) is 0 Å². The SMILES string of the molecule is CC(C)C1CN(C(=O)[C@@H](N)Cc2ccccc2)CCS1. The van der Waals surface area contributed by atoms with Crippen molar-refractivity contribution in [3.8, 4) is 0 Å². The molecule has 4 heteroatoms. The molecule has 2 atom stereocenters. The second-order valence-corrected chi connectivity index (χ2v) is 7.08. The molecule has 0 bridgehead atoms. The number of nitrogens with two attached hydrogens (primary N) is 1. The van der Waals surface area contributed by atoms with Gasteiger partial charge < -0.3 is 10.6 Å². The molecule has 3 nitrogen and oxygen atoms in total. The van der Waals surface area contributed by atoms with E-state index in [0.717, 1.165) is 24.4 Å². The van der Waals surface area contributed by atoms with Gasteiger partial charge in [0.25, 0.3) is 0 Å². The molecule has 0 spiro atoms. The first-order valence-corrected chi connectivity index (χ1v) is 8.32. The van der Waals surface area contributed by atoms with Crippen LogP contribution in [0.1, 0.15) is 19.4 Å². The van der Waals surface area contributed by atoms with Crippen LogP contribution in [-0.2, 0) is 11.2 Å². The second-order valence-electron chi connectivity index (χ2n) is 5.73. The van der Waals surface area contributed by atoms with Gasteiger partial charge in [-0.2, -0.15) is 11.8 Å². The summed E-state index contributed by atoms with van der Waals surface area (Å²) in [6.45, 7) is 6.10. The molecule has 1 unspecified atom stereocenters. The highest BCUT2D eigenvalue weighted by molar-refractivity contribution is 8.00. The quantitative estimate of drug-likeness (QED) is 0.925. The van der Waals surface area contributed by atoms with Gasteiger partial charge in [0, 0.05) is 24.1 Å². The first kappa shape index (κ1) is 15.4. The Bertz CT molecular complexity index is 435. The molecule has 110 valence electrons. The summed E-state index contributed by atoms with van der Waals surface area (Å²) in [5, 5.41) is 0.539. The smallest absolute Gasteiger partial charge is 0.239 e. The standard InChI is InChI=1S/C16H24N2OS/c1-12(2)15-11-18(8-9-20-15)16(19)14(17)10-13-6-4-3-5-7-13/h3-7,12,14-15H,8-11,17H2,1-2H3/t14-,15?/m0/s1. The number of carbonyl (C=O) groups excluding carboxylic acids is 1. The molecule has 1 aromatic rings. The van der Waals surface area contributed by atoms with E-state index in [2.05, 4.69) is 13.8 Å². The highest BCUT2D eigenvalue weighted by atomic mass is 32.2. The average Bonchev–Trinajstić information content (AvgIpc) is 2.47. The number of benzene rings is 1. The van der Waals surface area contributed by atoms with Gasteiger partial charge in [-0.1, -0.05) is 44.2 Å². The number of hydrogen-bond donors (Lipinski definition) is 1. The minimum atomic E-state index is -0.423. The van der Waals surface area contributed by atoms with Crippen LogP contribution in [0.4, 0.5) is 0 Å². The summed E-state index contributed by atoms with van der Waals surface area (Å²) in [4.78, 5) is 14.4. The Morgan fingerprint density at radius 1 is 1.40 bits per heavy atom. The van der Waals surface area contributed by atoms with Crippen molar-refractivity contribution in [3.05, 3.63) is 35.9 Å². The molecule has 2 rings (SSSR count). The summed E-state index contributed by atoms with van der Waals surface area (Å²) in [6, 6.07) is 9.57. The third kappa shape index (κ3) is 4.00. The fourth-order valence-corrected chi connectivity index (χ4v) is 3.77. The predicted molar refractivity (Wildman–Crippen MR) is 85.8 cm³/mol. The van der Waals surface area contributed by atoms with Gasteiger partial charge in [0.1, 0.15) is 0 Å². The molecule has 0 aliphatic carbocycles. The van der Waals surface area contributed by atoms with E-state index in [1.807, 2.05) is 47.0 Å². The molecule has 2 N–H and O–H groups in total. The van der Waals surface area contributed by atoms with Crippen molar-refractivity contribution < 1.29 is 4.79 Å². The van der Waals surface area contributed by atoms with Gasteiger partial charge in [-0.3, -0.25) is 4.79 Å². The van der Waals surface area contributed by atoms with Gasteiger partial charge in [-0.05, 0) is 17.9 Å². The van der Waals surface area contributed by atoms with E-state index < -0.39 is 6.04 Å². The van der Waals surface area contributed by atoms with E-state index >= 15 is 0 Å². The van der Waals surface area contributed by atoms with Crippen molar-refractivity contribution in [2.45, 2.75) is 31.6 Å². The average molecular weight is 292 g/mol. The molecule has 1 aromatic carbocycles. The first-order valence-electron chi connectivity index (χ1n) is 7.28. The lowest BCUT2D eigenvalue weighted by atomic mass is 10.0. The maximum atomic E-state index is 12.5. The van der Waals surface area contributed by atoms with Crippen molar-refractivity contribution in [2.75, 3.05) is 18.8 Å². The Balaban J connectivity index is 1.93. The fourth-order valence-electron chi connectivity index (χ4n) is 2.47. The van der Waals surface area contributed by atoms with Crippen LogP contribution >= 0.6 is 11.8 Å². The van der Waals surface area contributed by atoms with Crippen molar-refractivity contribution in [1.82, 2.24) is 4.90 Å². The monoisotopic (exact) mass is 292 g/mol. The van der Waals surface area contributed by atoms with Crippen LogP contribution in [-0.4, -0.2) is 40.9 Å². The molecule has 0 saturated carbocycles. The number of thioether (sulfide) groups is 1. The van der Waals surface area contributed by atoms with Crippen LogP contribution in [0.25, 0.3) is 0 Å². The molecule has 1 aliphatic heterocycles. The molecule has 20 heavy (non-hydrogen) atoms. The number of nitrogens with zero attached hydrogens (tertiary/aromatic N) is 1. The van der Waals surface area contributed by atoms with Crippen LogP contribution in [0.15, 0.2) is 30.3 Å². The largest absolute Gasteiger partial charge is 0.339 e. The first-order chi connectivity index (χ1) is 9.58. The minimum Gasteiger partial charge on any atom is -0.339 e. The van der Waals surface area contributed by atoms with E-state index in [0.29, 0.717) is 17.6 Å². The number of amides is 1. The zero-order chi connectivity index (χ0) is 14.5. The van der Waals surface area contributed by atoms with Crippen LogP contribution in [0, 0.1) is 5.92 Å². The maximum Gasteiger partial charge on any atom is 0.239 e. The Morgan fingerprint density at radius 3 is 2.75 bits per heavy atom. The van der Waals surface area contributed by atoms with Crippen molar-refractivity contribution in [1.29, 1.82) is 0 Å². The van der Waals surface area contributed by atoms with Gasteiger partial charge >= 0.3 is 0 Å². The van der Waals surface area contributed by atoms with Crippen molar-refractivity contribution >= 4 is 17.7 Å². The molecule has 1 saturated heterocycles. The van der Waals surface area contributed by atoms with E-state index in [9.17, 15) is 4.79 Å². The van der Waals surface area contributed by atoms with E-state index in [-0.39, 0.29) is 5.91 Å². The van der Waals surface area contributed by atoms with Gasteiger partial charge in [0.15, 0.2) is 0 Å². The zero-order valence-electron chi connectivity index (χ0n) is 12.3. The van der Waals surface area contributed by atoms with Crippen molar-refractivity contribution in [3.63, 3.8) is 0 Å². The highest BCUT2D eigenvalue weighted by Crippen LogP contribution is 2.25. The topological polar surface area (TPSA) is 46.3 Å². The number of rotatable bonds is 4. The fraction of sp³-hybridized carbons (Fsp3) is 0.562. The van der Waals surface area contributed by atoms with Crippen LogP contribution < -0.4 is 5.73 Å². The Labute approximate surface area is 125 Å². The summed E-state index contributed by atoms with van der Waals surface area (Å²) in [5.74, 6) is 1.72. The highest BCUT2D eigenvalue weighted by Gasteiger charge is 2.28. The lowest BCUT2D eigenvalue weighted by Gasteiger charge is -2.35. The molecule has 1 fully saturated rings. The van der Waals surface area contributed by atoms with Crippen molar-refractivity contribution in [2.24, 2.45) is 11.7 Å². The predicted octanol–water partition coefficient (Wildman–Crippen LogP) is 2.16. The lowest BCUT2D eigenvalue weighted by Crippen LogP contribution is -2.50.